The van der Waals surface area contributed by atoms with Gasteiger partial charge in [-0.25, -0.2) is 0 Å². The number of hydrogen-bond donors (Lipinski definition) is 1. The number of hydrogen-bond acceptors (Lipinski definition) is 3. The number of nitrogens with zero attached hydrogens (tertiary/aromatic N) is 3. The first-order valence-electron chi connectivity index (χ1n) is 6.31. The van der Waals surface area contributed by atoms with E-state index in [1.165, 1.54) is 25.9 Å². The van der Waals surface area contributed by atoms with Gasteiger partial charge in [0.05, 0.1) is 6.54 Å². The molecule has 2 rings (SSSR count). The van der Waals surface area contributed by atoms with Gasteiger partial charge in [-0.05, 0) is 32.0 Å². The normalized spacial score (nSPS) is 20.8. The first kappa shape index (κ1) is 11.6. The molecule has 1 unspecified atom stereocenters. The number of rotatable bonds is 6. The highest BCUT2D eigenvalue weighted by atomic mass is 15.3. The lowest BCUT2D eigenvalue weighted by Gasteiger charge is -2.24. The molecule has 0 aromatic carbocycles. The van der Waals surface area contributed by atoms with Gasteiger partial charge in [0.2, 0.25) is 0 Å². The Bertz CT molecular complexity index is 277. The van der Waals surface area contributed by atoms with Gasteiger partial charge >= 0.3 is 0 Å². The van der Waals surface area contributed by atoms with Crippen LogP contribution in [0.3, 0.4) is 0 Å². The van der Waals surface area contributed by atoms with Gasteiger partial charge in [0.1, 0.15) is 0 Å². The molecule has 0 spiro atoms. The Hall–Kier alpha value is -0.870. The van der Waals surface area contributed by atoms with Gasteiger partial charge in [0.25, 0.3) is 0 Å². The van der Waals surface area contributed by atoms with Crippen LogP contribution in [-0.2, 0) is 6.54 Å². The average Bonchev–Trinajstić information content (AvgIpc) is 2.97. The van der Waals surface area contributed by atoms with Crippen molar-refractivity contribution in [3.05, 3.63) is 18.5 Å². The van der Waals surface area contributed by atoms with Crippen molar-refractivity contribution in [1.29, 1.82) is 0 Å². The van der Waals surface area contributed by atoms with E-state index < -0.39 is 0 Å². The zero-order valence-corrected chi connectivity index (χ0v) is 10.1. The van der Waals surface area contributed by atoms with E-state index >= 15 is 0 Å². The van der Waals surface area contributed by atoms with Crippen LogP contribution in [0.4, 0.5) is 0 Å². The van der Waals surface area contributed by atoms with Crippen LogP contribution in [0.25, 0.3) is 0 Å². The van der Waals surface area contributed by atoms with Gasteiger partial charge in [-0.3, -0.25) is 4.68 Å². The Kier molecular flexibility index (Phi) is 4.36. The topological polar surface area (TPSA) is 33.1 Å². The molecule has 1 aliphatic rings. The van der Waals surface area contributed by atoms with Gasteiger partial charge in [-0.1, -0.05) is 6.92 Å². The quantitative estimate of drug-likeness (QED) is 0.778. The number of likely N-dealkylation sites (N-methyl/N-ethyl adjacent to an activating group) is 1. The first-order chi connectivity index (χ1) is 7.88. The second kappa shape index (κ2) is 6.01. The van der Waals surface area contributed by atoms with Crippen LogP contribution < -0.4 is 5.32 Å². The van der Waals surface area contributed by atoms with E-state index in [9.17, 15) is 0 Å². The Labute approximate surface area is 97.6 Å². The van der Waals surface area contributed by atoms with E-state index in [-0.39, 0.29) is 0 Å². The fourth-order valence-electron chi connectivity index (χ4n) is 2.28. The van der Waals surface area contributed by atoms with Crippen LogP contribution in [-0.4, -0.2) is 46.9 Å². The highest BCUT2D eigenvalue weighted by molar-refractivity contribution is 4.79. The highest BCUT2D eigenvalue weighted by Gasteiger charge is 2.16. The predicted molar refractivity (Wildman–Crippen MR) is 65.4 cm³/mol. The van der Waals surface area contributed by atoms with E-state index in [0.717, 1.165) is 19.6 Å². The lowest BCUT2D eigenvalue weighted by atomic mass is 10.2. The molecular formula is C12H22N4. The van der Waals surface area contributed by atoms with Gasteiger partial charge in [0.15, 0.2) is 0 Å². The molecule has 1 fully saturated rings. The van der Waals surface area contributed by atoms with Crippen molar-refractivity contribution >= 4 is 0 Å². The monoisotopic (exact) mass is 222 g/mol. The molecule has 4 heteroatoms. The molecular weight excluding hydrogens is 200 g/mol. The second-order valence-corrected chi connectivity index (χ2v) is 4.46. The zero-order chi connectivity index (χ0) is 11.2. The Morgan fingerprint density at radius 1 is 1.56 bits per heavy atom. The van der Waals surface area contributed by atoms with Crippen molar-refractivity contribution in [1.82, 2.24) is 20.0 Å². The summed E-state index contributed by atoms with van der Waals surface area (Å²) in [5.41, 5.74) is 0. The van der Waals surface area contributed by atoms with E-state index in [2.05, 4.69) is 22.2 Å². The summed E-state index contributed by atoms with van der Waals surface area (Å²) >= 11 is 0. The summed E-state index contributed by atoms with van der Waals surface area (Å²) in [5.74, 6) is 0. The molecule has 4 nitrogen and oxygen atoms in total. The summed E-state index contributed by atoms with van der Waals surface area (Å²) in [4.78, 5) is 2.50. The zero-order valence-electron chi connectivity index (χ0n) is 10.1. The summed E-state index contributed by atoms with van der Waals surface area (Å²) in [6.07, 6.45) is 6.54. The number of nitrogens with one attached hydrogen (secondary N) is 1. The smallest absolute Gasteiger partial charge is 0.0536 e. The number of aromatic nitrogens is 2. The largest absolute Gasteiger partial charge is 0.313 e. The fourth-order valence-corrected chi connectivity index (χ4v) is 2.28. The van der Waals surface area contributed by atoms with Crippen molar-refractivity contribution in [2.75, 3.05) is 26.2 Å². The molecule has 1 saturated heterocycles. The third-order valence-corrected chi connectivity index (χ3v) is 3.29. The summed E-state index contributed by atoms with van der Waals surface area (Å²) in [5, 5.41) is 7.78. The van der Waals surface area contributed by atoms with Gasteiger partial charge in [-0.15, -0.1) is 0 Å². The van der Waals surface area contributed by atoms with Gasteiger partial charge in [-0.2, -0.15) is 5.10 Å². The molecule has 0 amide bonds. The van der Waals surface area contributed by atoms with Crippen LogP contribution in [0.2, 0.25) is 0 Å². The summed E-state index contributed by atoms with van der Waals surface area (Å²) in [6, 6.07) is 2.69. The maximum atomic E-state index is 4.23. The van der Waals surface area contributed by atoms with Crippen molar-refractivity contribution in [3.8, 4) is 0 Å². The van der Waals surface area contributed by atoms with Crippen LogP contribution in [0.15, 0.2) is 18.5 Å². The molecule has 16 heavy (non-hydrogen) atoms. The molecule has 0 bridgehead atoms. The summed E-state index contributed by atoms with van der Waals surface area (Å²) < 4.78 is 2.00. The maximum Gasteiger partial charge on any atom is 0.0536 e. The third-order valence-electron chi connectivity index (χ3n) is 3.29. The summed E-state index contributed by atoms with van der Waals surface area (Å²) in [6.45, 7) is 7.82. The molecule has 1 atom stereocenters. The Morgan fingerprint density at radius 3 is 3.12 bits per heavy atom. The van der Waals surface area contributed by atoms with Crippen molar-refractivity contribution in [2.45, 2.75) is 32.4 Å². The predicted octanol–water partition coefficient (Wildman–Crippen LogP) is 0.957. The average molecular weight is 222 g/mol. The van der Waals surface area contributed by atoms with Crippen molar-refractivity contribution in [2.24, 2.45) is 0 Å². The Morgan fingerprint density at radius 2 is 2.50 bits per heavy atom. The van der Waals surface area contributed by atoms with Gasteiger partial charge < -0.3 is 10.2 Å². The fraction of sp³-hybridized carbons (Fsp3) is 0.750. The highest BCUT2D eigenvalue weighted by Crippen LogP contribution is 2.06. The molecule has 1 aliphatic heterocycles. The SMILES string of the molecule is CCN(CCn1cccn1)CC1CCCN1. The molecule has 90 valence electrons. The van der Waals surface area contributed by atoms with Crippen LogP contribution in [0.5, 0.6) is 0 Å². The molecule has 0 aliphatic carbocycles. The van der Waals surface area contributed by atoms with Crippen molar-refractivity contribution in [3.63, 3.8) is 0 Å². The maximum absolute atomic E-state index is 4.23. The van der Waals surface area contributed by atoms with E-state index in [1.54, 1.807) is 0 Å². The first-order valence-corrected chi connectivity index (χ1v) is 6.31. The minimum atomic E-state index is 0.706. The Balaban J connectivity index is 1.72. The molecule has 1 aromatic rings. The summed E-state index contributed by atoms with van der Waals surface area (Å²) in [7, 11) is 0. The minimum absolute atomic E-state index is 0.706. The molecule has 0 radical (unpaired) electrons. The molecule has 0 saturated carbocycles. The van der Waals surface area contributed by atoms with E-state index in [0.29, 0.717) is 6.04 Å². The standard InChI is InChI=1S/C12H22N4/c1-2-15(11-12-5-3-6-13-12)9-10-16-8-4-7-14-16/h4,7-8,12-13H,2-3,5-6,9-11H2,1H3. The third kappa shape index (κ3) is 3.32. The van der Waals surface area contributed by atoms with Crippen molar-refractivity contribution < 1.29 is 0 Å². The van der Waals surface area contributed by atoms with Crippen LogP contribution in [0, 0.1) is 0 Å². The second-order valence-electron chi connectivity index (χ2n) is 4.46. The lowest BCUT2D eigenvalue weighted by Crippen LogP contribution is -2.39. The van der Waals surface area contributed by atoms with Gasteiger partial charge in [0, 0.05) is 31.5 Å². The lowest BCUT2D eigenvalue weighted by molar-refractivity contribution is 0.248. The minimum Gasteiger partial charge on any atom is -0.313 e. The van der Waals surface area contributed by atoms with Crippen LogP contribution in [0.1, 0.15) is 19.8 Å². The van der Waals surface area contributed by atoms with E-state index in [1.807, 2.05) is 23.1 Å². The molecule has 1 N–H and O–H groups in total. The molecule has 1 aromatic heterocycles. The molecule has 2 heterocycles. The van der Waals surface area contributed by atoms with Crippen LogP contribution >= 0.6 is 0 Å². The van der Waals surface area contributed by atoms with E-state index in [4.69, 9.17) is 0 Å².